The molecule has 4 rings (SSSR count). The Bertz CT molecular complexity index is 1320. The molecule has 0 aliphatic heterocycles. The van der Waals surface area contributed by atoms with Gasteiger partial charge in [-0.25, -0.2) is 4.98 Å². The number of halogens is 2. The van der Waals surface area contributed by atoms with Crippen LogP contribution in [0.15, 0.2) is 71.7 Å². The van der Waals surface area contributed by atoms with Crippen LogP contribution < -0.4 is 10.9 Å². The van der Waals surface area contributed by atoms with E-state index in [1.165, 1.54) is 28.8 Å². The molecule has 2 aromatic carbocycles. The van der Waals surface area contributed by atoms with E-state index >= 15 is 0 Å². The van der Waals surface area contributed by atoms with Crippen LogP contribution in [-0.2, 0) is 6.54 Å². The molecule has 2 N–H and O–H groups in total. The highest BCUT2D eigenvalue weighted by Crippen LogP contribution is 2.27. The molecule has 1 amide bonds. The summed E-state index contributed by atoms with van der Waals surface area (Å²) in [6.07, 6.45) is 1.59. The van der Waals surface area contributed by atoms with Gasteiger partial charge in [-0.05, 0) is 54.1 Å². The van der Waals surface area contributed by atoms with Gasteiger partial charge in [-0.3, -0.25) is 14.2 Å². The van der Waals surface area contributed by atoms with Crippen LogP contribution >= 0.6 is 23.2 Å². The minimum atomic E-state index is -0.659. The third-order valence-electron chi connectivity index (χ3n) is 4.55. The highest BCUT2D eigenvalue weighted by Gasteiger charge is 2.18. The lowest BCUT2D eigenvalue weighted by atomic mass is 10.1. The standard InChI is InChI=1S/C22H15Cl2N3O3/c23-15-5-3-13(4-6-15)12-27-20-14(2-1-9-25-20)10-17(22(27)30)21(29)26-18-11-16(24)7-8-19(18)28/h1-11,28H,12H2,(H,26,29). The lowest BCUT2D eigenvalue weighted by molar-refractivity contribution is 0.102. The zero-order chi connectivity index (χ0) is 21.3. The van der Waals surface area contributed by atoms with Gasteiger partial charge in [-0.2, -0.15) is 0 Å². The van der Waals surface area contributed by atoms with Gasteiger partial charge in [0.25, 0.3) is 11.5 Å². The number of hydrogen-bond acceptors (Lipinski definition) is 4. The van der Waals surface area contributed by atoms with Gasteiger partial charge < -0.3 is 10.4 Å². The zero-order valence-electron chi connectivity index (χ0n) is 15.5. The van der Waals surface area contributed by atoms with Crippen molar-refractivity contribution in [2.45, 2.75) is 6.54 Å². The van der Waals surface area contributed by atoms with Crippen LogP contribution in [0.25, 0.3) is 11.0 Å². The molecular weight excluding hydrogens is 425 g/mol. The topological polar surface area (TPSA) is 84.2 Å². The number of anilines is 1. The van der Waals surface area contributed by atoms with E-state index in [0.29, 0.717) is 21.1 Å². The first kappa shape index (κ1) is 19.9. The molecule has 0 saturated heterocycles. The van der Waals surface area contributed by atoms with Gasteiger partial charge in [-0.1, -0.05) is 35.3 Å². The van der Waals surface area contributed by atoms with Crippen LogP contribution in [0, 0.1) is 0 Å². The predicted octanol–water partition coefficient (Wildman–Crippen LogP) is 4.71. The Hall–Kier alpha value is -3.35. The van der Waals surface area contributed by atoms with Crippen LogP contribution in [0.5, 0.6) is 5.75 Å². The monoisotopic (exact) mass is 439 g/mol. The van der Waals surface area contributed by atoms with Crippen molar-refractivity contribution in [2.75, 3.05) is 5.32 Å². The molecule has 2 heterocycles. The Morgan fingerprint density at radius 1 is 1.03 bits per heavy atom. The van der Waals surface area contributed by atoms with Crippen LogP contribution in [-0.4, -0.2) is 20.6 Å². The SMILES string of the molecule is O=C(Nc1cc(Cl)ccc1O)c1cc2cccnc2n(Cc2ccc(Cl)cc2)c1=O. The Labute approximate surface area is 181 Å². The Balaban J connectivity index is 1.79. The van der Waals surface area contributed by atoms with Crippen molar-refractivity contribution in [3.63, 3.8) is 0 Å². The summed E-state index contributed by atoms with van der Waals surface area (Å²) < 4.78 is 1.44. The normalized spacial score (nSPS) is 10.9. The number of phenolic OH excluding ortho intramolecular Hbond substituents is 1. The van der Waals surface area contributed by atoms with Crippen molar-refractivity contribution in [2.24, 2.45) is 0 Å². The van der Waals surface area contributed by atoms with Crippen molar-refractivity contribution in [1.82, 2.24) is 9.55 Å². The molecule has 0 aliphatic carbocycles. The summed E-state index contributed by atoms with van der Waals surface area (Å²) in [7, 11) is 0. The molecule has 0 radical (unpaired) electrons. The summed E-state index contributed by atoms with van der Waals surface area (Å²) >= 11 is 11.9. The predicted molar refractivity (Wildman–Crippen MR) is 118 cm³/mol. The highest BCUT2D eigenvalue weighted by molar-refractivity contribution is 6.31. The molecule has 2 aromatic heterocycles. The molecule has 0 saturated carbocycles. The lowest BCUT2D eigenvalue weighted by Crippen LogP contribution is -2.30. The average Bonchev–Trinajstić information content (AvgIpc) is 2.74. The number of fused-ring (bicyclic) bond motifs is 1. The van der Waals surface area contributed by atoms with Gasteiger partial charge in [0.1, 0.15) is 17.0 Å². The molecular formula is C22H15Cl2N3O3. The number of aromatic hydroxyl groups is 1. The van der Waals surface area contributed by atoms with Crippen molar-refractivity contribution in [3.8, 4) is 5.75 Å². The van der Waals surface area contributed by atoms with E-state index < -0.39 is 11.5 Å². The van der Waals surface area contributed by atoms with Crippen LogP contribution in [0.3, 0.4) is 0 Å². The number of phenols is 1. The minimum Gasteiger partial charge on any atom is -0.506 e. The smallest absolute Gasteiger partial charge is 0.265 e. The molecule has 0 fully saturated rings. The fourth-order valence-corrected chi connectivity index (χ4v) is 3.38. The van der Waals surface area contributed by atoms with Gasteiger partial charge in [0.05, 0.1) is 12.2 Å². The molecule has 0 atom stereocenters. The number of rotatable bonds is 4. The van der Waals surface area contributed by atoms with E-state index in [0.717, 1.165) is 5.56 Å². The second-order valence-electron chi connectivity index (χ2n) is 6.61. The molecule has 0 bridgehead atoms. The van der Waals surface area contributed by atoms with Gasteiger partial charge in [0, 0.05) is 21.6 Å². The first-order valence-corrected chi connectivity index (χ1v) is 9.71. The maximum absolute atomic E-state index is 13.2. The lowest BCUT2D eigenvalue weighted by Gasteiger charge is -2.13. The van der Waals surface area contributed by atoms with Crippen LogP contribution in [0.2, 0.25) is 10.0 Å². The number of carbonyl (C=O) groups excluding carboxylic acids is 1. The van der Waals surface area contributed by atoms with Gasteiger partial charge >= 0.3 is 0 Å². The van der Waals surface area contributed by atoms with E-state index in [1.807, 2.05) is 0 Å². The van der Waals surface area contributed by atoms with Crippen molar-refractivity contribution in [3.05, 3.63) is 98.4 Å². The first-order chi connectivity index (χ1) is 14.4. The summed E-state index contributed by atoms with van der Waals surface area (Å²) in [4.78, 5) is 30.4. The molecule has 0 unspecified atom stereocenters. The fourth-order valence-electron chi connectivity index (χ4n) is 3.09. The number of carbonyl (C=O) groups is 1. The second kappa shape index (κ2) is 8.18. The number of benzene rings is 2. The number of hydrogen-bond donors (Lipinski definition) is 2. The zero-order valence-corrected chi connectivity index (χ0v) is 17.0. The van der Waals surface area contributed by atoms with Crippen molar-refractivity contribution in [1.29, 1.82) is 0 Å². The molecule has 0 spiro atoms. The quantitative estimate of drug-likeness (QED) is 0.451. The largest absolute Gasteiger partial charge is 0.506 e. The number of amides is 1. The Morgan fingerprint density at radius 3 is 2.53 bits per heavy atom. The molecule has 30 heavy (non-hydrogen) atoms. The van der Waals surface area contributed by atoms with Gasteiger partial charge in [0.15, 0.2) is 0 Å². The third-order valence-corrected chi connectivity index (χ3v) is 5.04. The van der Waals surface area contributed by atoms with Crippen LogP contribution in [0.4, 0.5) is 5.69 Å². The van der Waals surface area contributed by atoms with E-state index in [9.17, 15) is 14.7 Å². The van der Waals surface area contributed by atoms with Crippen molar-refractivity contribution >= 4 is 45.8 Å². The van der Waals surface area contributed by atoms with Gasteiger partial charge in [-0.15, -0.1) is 0 Å². The Morgan fingerprint density at radius 2 is 1.77 bits per heavy atom. The maximum Gasteiger partial charge on any atom is 0.265 e. The van der Waals surface area contributed by atoms with E-state index in [-0.39, 0.29) is 23.5 Å². The van der Waals surface area contributed by atoms with Crippen molar-refractivity contribution < 1.29 is 9.90 Å². The first-order valence-electron chi connectivity index (χ1n) is 8.95. The highest BCUT2D eigenvalue weighted by atomic mass is 35.5. The number of pyridine rings is 2. The van der Waals surface area contributed by atoms with Crippen LogP contribution in [0.1, 0.15) is 15.9 Å². The number of nitrogens with one attached hydrogen (secondary N) is 1. The minimum absolute atomic E-state index is 0.0798. The summed E-state index contributed by atoms with van der Waals surface area (Å²) in [6, 6.07) is 16.3. The van der Waals surface area contributed by atoms with Gasteiger partial charge in [0.2, 0.25) is 0 Å². The molecule has 150 valence electrons. The summed E-state index contributed by atoms with van der Waals surface area (Å²) in [6.45, 7) is 0.215. The summed E-state index contributed by atoms with van der Waals surface area (Å²) in [5.41, 5.74) is 0.819. The van der Waals surface area contributed by atoms with E-state index in [2.05, 4.69) is 10.3 Å². The average molecular weight is 440 g/mol. The molecule has 4 aromatic rings. The molecule has 8 heteroatoms. The summed E-state index contributed by atoms with van der Waals surface area (Å²) in [5.74, 6) is -0.815. The number of nitrogens with zero attached hydrogens (tertiary/aromatic N) is 2. The maximum atomic E-state index is 13.2. The molecule has 6 nitrogen and oxygen atoms in total. The third kappa shape index (κ3) is 4.01. The van der Waals surface area contributed by atoms with E-state index in [1.54, 1.807) is 42.6 Å². The van der Waals surface area contributed by atoms with E-state index in [4.69, 9.17) is 23.2 Å². The molecule has 0 aliphatic rings. The number of aromatic nitrogens is 2. The summed E-state index contributed by atoms with van der Waals surface area (Å²) in [5, 5.41) is 14.1. The fraction of sp³-hybridized carbons (Fsp3) is 0.0455. The second-order valence-corrected chi connectivity index (χ2v) is 7.48. The Kier molecular flexibility index (Phi) is 5.44.